The van der Waals surface area contributed by atoms with E-state index in [0.717, 1.165) is 28.0 Å². The fourth-order valence-corrected chi connectivity index (χ4v) is 2.32. The van der Waals surface area contributed by atoms with Crippen LogP contribution in [-0.4, -0.2) is 15.0 Å². The molecule has 4 heteroatoms. The molecule has 0 unspecified atom stereocenters. The average Bonchev–Trinajstić information content (AvgIpc) is 2.37. The molecule has 0 saturated heterocycles. The maximum absolute atomic E-state index is 5.16. The number of hydrogen-bond acceptors (Lipinski definition) is 3. The highest BCUT2D eigenvalue weighted by molar-refractivity contribution is 7.71. The Hall–Kier alpha value is -2.07. The normalized spacial score (nSPS) is 10.7. The van der Waals surface area contributed by atoms with E-state index in [-0.39, 0.29) is 0 Å². The second-order valence-corrected chi connectivity index (χ2v) is 4.51. The van der Waals surface area contributed by atoms with Crippen molar-refractivity contribution in [3.63, 3.8) is 0 Å². The van der Waals surface area contributed by atoms with Crippen LogP contribution in [0.5, 0.6) is 0 Å². The van der Waals surface area contributed by atoms with Gasteiger partial charge >= 0.3 is 0 Å². The van der Waals surface area contributed by atoms with Crippen LogP contribution < -0.4 is 0 Å². The molecule has 0 bridgehead atoms. The Labute approximate surface area is 110 Å². The number of nitrogens with zero attached hydrogens (tertiary/aromatic N) is 2. The first-order valence-corrected chi connectivity index (χ1v) is 6.07. The summed E-state index contributed by atoms with van der Waals surface area (Å²) in [6.07, 6.45) is 1.80. The van der Waals surface area contributed by atoms with Gasteiger partial charge in [0.25, 0.3) is 0 Å². The molecule has 18 heavy (non-hydrogen) atoms. The Bertz CT molecular complexity index is 772. The standard InChI is InChI=1S/C14H11N3S/c1-9-16-13(8-14(18)17-9)11-4-2-6-12-10(11)5-3-7-15-12/h2-8H,1H3,(H,16,17,18). The molecule has 2 aromatic heterocycles. The molecule has 0 amide bonds. The largest absolute Gasteiger partial charge is 0.343 e. The fourth-order valence-electron chi connectivity index (χ4n) is 2.06. The molecule has 0 spiro atoms. The minimum absolute atomic E-state index is 0.599. The van der Waals surface area contributed by atoms with Crippen molar-refractivity contribution in [2.24, 2.45) is 0 Å². The van der Waals surface area contributed by atoms with Gasteiger partial charge < -0.3 is 4.98 Å². The maximum Gasteiger partial charge on any atom is 0.130 e. The van der Waals surface area contributed by atoms with Crippen molar-refractivity contribution in [3.8, 4) is 11.3 Å². The number of aryl methyl sites for hydroxylation is 1. The van der Waals surface area contributed by atoms with Crippen molar-refractivity contribution in [2.75, 3.05) is 0 Å². The van der Waals surface area contributed by atoms with Crippen LogP contribution in [-0.2, 0) is 0 Å². The zero-order chi connectivity index (χ0) is 12.5. The fraction of sp³-hybridized carbons (Fsp3) is 0.0714. The van der Waals surface area contributed by atoms with E-state index in [1.165, 1.54) is 0 Å². The van der Waals surface area contributed by atoms with Gasteiger partial charge in [0.05, 0.1) is 11.2 Å². The van der Waals surface area contributed by atoms with Gasteiger partial charge in [-0.05, 0) is 25.1 Å². The van der Waals surface area contributed by atoms with Crippen LogP contribution in [0.25, 0.3) is 22.2 Å². The molecule has 0 aliphatic carbocycles. The van der Waals surface area contributed by atoms with Crippen molar-refractivity contribution < 1.29 is 0 Å². The lowest BCUT2D eigenvalue weighted by molar-refractivity contribution is 1.05. The van der Waals surface area contributed by atoms with E-state index < -0.39 is 0 Å². The lowest BCUT2D eigenvalue weighted by atomic mass is 10.1. The first kappa shape index (κ1) is 11.0. The SMILES string of the molecule is Cc1nc(=S)cc(-c2cccc3ncccc23)[nH]1. The third-order valence-corrected chi connectivity index (χ3v) is 3.01. The Morgan fingerprint density at radius 2 is 2.06 bits per heavy atom. The summed E-state index contributed by atoms with van der Waals surface area (Å²) < 4.78 is 0.599. The first-order valence-electron chi connectivity index (χ1n) is 5.66. The third-order valence-electron chi connectivity index (χ3n) is 2.80. The van der Waals surface area contributed by atoms with Crippen LogP contribution in [0.3, 0.4) is 0 Å². The predicted octanol–water partition coefficient (Wildman–Crippen LogP) is 3.66. The Balaban J connectivity index is 2.34. The summed E-state index contributed by atoms with van der Waals surface area (Å²) in [5.74, 6) is 0.818. The van der Waals surface area contributed by atoms with Gasteiger partial charge in [-0.1, -0.05) is 30.4 Å². The number of nitrogens with one attached hydrogen (secondary N) is 1. The Morgan fingerprint density at radius 3 is 2.89 bits per heavy atom. The monoisotopic (exact) mass is 253 g/mol. The van der Waals surface area contributed by atoms with Crippen molar-refractivity contribution in [1.29, 1.82) is 0 Å². The molecule has 0 aliphatic rings. The number of rotatable bonds is 1. The van der Waals surface area contributed by atoms with E-state index in [0.29, 0.717) is 4.64 Å². The Kier molecular flexibility index (Phi) is 2.64. The predicted molar refractivity (Wildman–Crippen MR) is 74.9 cm³/mol. The molecule has 0 radical (unpaired) electrons. The molecule has 0 saturated carbocycles. The molecule has 3 nitrogen and oxygen atoms in total. The minimum Gasteiger partial charge on any atom is -0.343 e. The van der Waals surface area contributed by atoms with E-state index in [2.05, 4.69) is 27.1 Å². The van der Waals surface area contributed by atoms with E-state index in [9.17, 15) is 0 Å². The lowest BCUT2D eigenvalue weighted by Gasteiger charge is -2.07. The highest BCUT2D eigenvalue weighted by Gasteiger charge is 2.05. The topological polar surface area (TPSA) is 41.6 Å². The summed E-state index contributed by atoms with van der Waals surface area (Å²) in [4.78, 5) is 11.8. The van der Waals surface area contributed by atoms with Gasteiger partial charge in [0.1, 0.15) is 10.5 Å². The van der Waals surface area contributed by atoms with E-state index in [1.54, 1.807) is 6.20 Å². The van der Waals surface area contributed by atoms with Crippen molar-refractivity contribution >= 4 is 23.1 Å². The molecule has 0 fully saturated rings. The van der Waals surface area contributed by atoms with E-state index in [1.807, 2.05) is 31.2 Å². The second-order valence-electron chi connectivity index (χ2n) is 4.09. The molecule has 0 atom stereocenters. The Morgan fingerprint density at radius 1 is 1.17 bits per heavy atom. The van der Waals surface area contributed by atoms with E-state index in [4.69, 9.17) is 12.2 Å². The number of pyridine rings is 1. The van der Waals surface area contributed by atoms with Gasteiger partial charge in [-0.25, -0.2) is 4.98 Å². The summed E-state index contributed by atoms with van der Waals surface area (Å²) in [6, 6.07) is 11.9. The molecule has 3 aromatic rings. The van der Waals surface area contributed by atoms with Gasteiger partial charge in [0.15, 0.2) is 0 Å². The lowest BCUT2D eigenvalue weighted by Crippen LogP contribution is -1.92. The van der Waals surface area contributed by atoms with Gasteiger partial charge in [-0.15, -0.1) is 0 Å². The zero-order valence-corrected chi connectivity index (χ0v) is 10.7. The van der Waals surface area contributed by atoms with Crippen LogP contribution in [0.15, 0.2) is 42.6 Å². The van der Waals surface area contributed by atoms with Crippen molar-refractivity contribution in [1.82, 2.24) is 15.0 Å². The van der Waals surface area contributed by atoms with Crippen molar-refractivity contribution in [3.05, 3.63) is 53.1 Å². The number of fused-ring (bicyclic) bond motifs is 1. The highest BCUT2D eigenvalue weighted by Crippen LogP contribution is 2.25. The summed E-state index contributed by atoms with van der Waals surface area (Å²) in [5, 5.41) is 1.11. The minimum atomic E-state index is 0.599. The van der Waals surface area contributed by atoms with Crippen LogP contribution in [0.2, 0.25) is 0 Å². The summed E-state index contributed by atoms with van der Waals surface area (Å²) >= 11 is 5.16. The van der Waals surface area contributed by atoms with Crippen molar-refractivity contribution in [2.45, 2.75) is 6.92 Å². The van der Waals surface area contributed by atoms with Gasteiger partial charge in [-0.3, -0.25) is 4.98 Å². The quantitative estimate of drug-likeness (QED) is 0.673. The molecule has 1 N–H and O–H groups in total. The molecule has 88 valence electrons. The third kappa shape index (κ3) is 1.91. The highest BCUT2D eigenvalue weighted by atomic mass is 32.1. The summed E-state index contributed by atoms with van der Waals surface area (Å²) in [5.41, 5.74) is 3.05. The molecule has 1 aromatic carbocycles. The molecule has 3 rings (SSSR count). The summed E-state index contributed by atoms with van der Waals surface area (Å²) in [7, 11) is 0. The number of hydrogen-bond donors (Lipinski definition) is 1. The molecule has 0 aliphatic heterocycles. The smallest absolute Gasteiger partial charge is 0.130 e. The van der Waals surface area contributed by atoms with Gasteiger partial charge in [0, 0.05) is 17.1 Å². The first-order chi connectivity index (χ1) is 8.74. The van der Waals surface area contributed by atoms with E-state index >= 15 is 0 Å². The number of aromatic nitrogens is 3. The van der Waals surface area contributed by atoms with Crippen LogP contribution in [0, 0.1) is 11.6 Å². The molecular weight excluding hydrogens is 242 g/mol. The average molecular weight is 253 g/mol. The zero-order valence-electron chi connectivity index (χ0n) is 9.84. The maximum atomic E-state index is 5.16. The number of aromatic amines is 1. The number of H-pyrrole nitrogens is 1. The van der Waals surface area contributed by atoms with Crippen LogP contribution >= 0.6 is 12.2 Å². The summed E-state index contributed by atoms with van der Waals surface area (Å²) in [6.45, 7) is 1.91. The van der Waals surface area contributed by atoms with Crippen LogP contribution in [0.1, 0.15) is 5.82 Å². The second kappa shape index (κ2) is 4.31. The van der Waals surface area contributed by atoms with Crippen LogP contribution in [0.4, 0.5) is 0 Å². The van der Waals surface area contributed by atoms with Gasteiger partial charge in [-0.2, -0.15) is 0 Å². The molecular formula is C14H11N3S. The molecule has 2 heterocycles. The number of benzene rings is 1. The van der Waals surface area contributed by atoms with Gasteiger partial charge in [0.2, 0.25) is 0 Å².